The molecule has 0 heterocycles. The minimum Gasteiger partial charge on any atom is -0.469 e. The highest BCUT2D eigenvalue weighted by atomic mass is 28.4. The van der Waals surface area contributed by atoms with E-state index in [2.05, 4.69) is 106 Å². The molecule has 0 aromatic carbocycles. The van der Waals surface area contributed by atoms with Crippen molar-refractivity contribution in [1.82, 2.24) is 0 Å². The lowest BCUT2D eigenvalue weighted by molar-refractivity contribution is -0.145. The van der Waals surface area contributed by atoms with Gasteiger partial charge in [0.2, 0.25) is 0 Å². The number of carbonyl (C=O) groups excluding carboxylic acids is 2. The Morgan fingerprint density at radius 1 is 1.05 bits per heavy atom. The number of hydrogen-bond acceptors (Lipinski definition) is 5. The van der Waals surface area contributed by atoms with Crippen molar-refractivity contribution < 1.29 is 23.2 Å². The van der Waals surface area contributed by atoms with Gasteiger partial charge in [0.25, 0.3) is 0 Å². The number of carbonyl (C=O) groups is 2. The van der Waals surface area contributed by atoms with Crippen LogP contribution in [-0.4, -0.2) is 47.7 Å². The zero-order chi connectivity index (χ0) is 33.5. The number of Topliss-reactive ketones (excluding diaryl/α,β-unsaturated/α-hetero) is 1. The van der Waals surface area contributed by atoms with Crippen LogP contribution in [0.5, 0.6) is 0 Å². The van der Waals surface area contributed by atoms with Gasteiger partial charge < -0.3 is 13.6 Å². The van der Waals surface area contributed by atoms with Crippen molar-refractivity contribution in [3.05, 3.63) is 12.2 Å². The van der Waals surface area contributed by atoms with Crippen molar-refractivity contribution in [2.24, 2.45) is 29.6 Å². The van der Waals surface area contributed by atoms with Gasteiger partial charge in [0.1, 0.15) is 5.78 Å². The smallest absolute Gasteiger partial charge is 0.308 e. The molecule has 0 aliphatic heterocycles. The minimum absolute atomic E-state index is 0.0196. The maximum Gasteiger partial charge on any atom is 0.308 e. The fourth-order valence-electron chi connectivity index (χ4n) is 5.99. The molecule has 0 spiro atoms. The second-order valence-corrected chi connectivity index (χ2v) is 26.3. The maximum atomic E-state index is 13.6. The Morgan fingerprint density at radius 2 is 1.68 bits per heavy atom. The number of ether oxygens (including phenoxy) is 1. The van der Waals surface area contributed by atoms with Crippen LogP contribution in [-0.2, 0) is 23.2 Å². The summed E-state index contributed by atoms with van der Waals surface area (Å²) in [6.07, 6.45) is 12.6. The number of rotatable bonds is 13. The number of methoxy groups -OCH3 is 1. The van der Waals surface area contributed by atoms with Gasteiger partial charge in [0.15, 0.2) is 16.6 Å². The van der Waals surface area contributed by atoms with E-state index in [4.69, 9.17) is 13.6 Å². The summed E-state index contributed by atoms with van der Waals surface area (Å²) in [5.41, 5.74) is 0. The predicted molar refractivity (Wildman–Crippen MR) is 188 cm³/mol. The van der Waals surface area contributed by atoms with Crippen molar-refractivity contribution in [3.63, 3.8) is 0 Å². The van der Waals surface area contributed by atoms with Crippen LogP contribution in [0.25, 0.3) is 0 Å². The Kier molecular flexibility index (Phi) is 14.2. The van der Waals surface area contributed by atoms with Gasteiger partial charge >= 0.3 is 5.97 Å². The summed E-state index contributed by atoms with van der Waals surface area (Å²) in [5.74, 6) is 7.45. The molecule has 2 rings (SSSR count). The fraction of sp³-hybridized carbons (Fsp3) is 0.838. The molecule has 7 atom stereocenters. The molecular formula is C37H66O5Si2. The average Bonchev–Trinajstić information content (AvgIpc) is 3.48. The minimum atomic E-state index is -2.10. The summed E-state index contributed by atoms with van der Waals surface area (Å²) in [7, 11) is -2.65. The van der Waals surface area contributed by atoms with E-state index in [1.165, 1.54) is 26.4 Å². The van der Waals surface area contributed by atoms with Crippen LogP contribution in [0.2, 0.25) is 36.3 Å². The number of unbranched alkanes of at least 4 members (excludes halogenated alkanes) is 1. The van der Waals surface area contributed by atoms with Crippen LogP contribution in [0.4, 0.5) is 0 Å². The first-order valence-electron chi connectivity index (χ1n) is 17.3. The second kappa shape index (κ2) is 16.1. The molecule has 0 aromatic heterocycles. The van der Waals surface area contributed by atoms with Crippen molar-refractivity contribution in [2.75, 3.05) is 7.11 Å². The largest absolute Gasteiger partial charge is 0.469 e. The summed E-state index contributed by atoms with van der Waals surface area (Å²) in [4.78, 5) is 25.6. The van der Waals surface area contributed by atoms with E-state index < -0.39 is 16.6 Å². The third-order valence-electron chi connectivity index (χ3n) is 11.0. The number of hydrogen-bond donors (Lipinski definition) is 0. The van der Waals surface area contributed by atoms with Gasteiger partial charge in [0, 0.05) is 30.6 Å². The standard InChI is InChI=1S/C37H66O5Si2/c1-14-15-17-27(2)24-30(41-43(10,11)36(3,4)5)22-23-32-31(19-16-18-28-20-21-29(25-28)35(39)40-9)33(38)26-34(32)42-44(12,13)37(6,7)8/h22-23,27-32,34H,14-15,17,19-21,24-26H2,1-13H3/b23-22+/t27-,28-,29+,30+,31+,32+,34+/m0/s1. The van der Waals surface area contributed by atoms with Gasteiger partial charge in [-0.1, -0.05) is 92.7 Å². The highest BCUT2D eigenvalue weighted by Crippen LogP contribution is 2.43. The molecule has 0 N–H and O–H groups in total. The Labute approximate surface area is 273 Å². The summed E-state index contributed by atoms with van der Waals surface area (Å²) >= 11 is 0. The lowest BCUT2D eigenvalue weighted by Crippen LogP contribution is -2.45. The SMILES string of the molecule is CCCC[C@H](C)C[C@@H](/C=C/[C@H]1[C@H](O[Si](C)(C)C(C)(C)C)CC(=O)[C@@H]1CC#C[C@H]1CC[C@@H](C(=O)OC)C1)O[Si](C)(C)C(C)(C)C. The average molecular weight is 647 g/mol. The molecule has 0 unspecified atom stereocenters. The number of ketones is 1. The molecule has 2 aliphatic carbocycles. The maximum absolute atomic E-state index is 13.6. The van der Waals surface area contributed by atoms with Gasteiger partial charge in [0.05, 0.1) is 25.2 Å². The van der Waals surface area contributed by atoms with Crippen LogP contribution in [0.3, 0.4) is 0 Å². The molecule has 7 heteroatoms. The Bertz CT molecular complexity index is 1040. The van der Waals surface area contributed by atoms with E-state index in [0.29, 0.717) is 18.8 Å². The second-order valence-electron chi connectivity index (χ2n) is 16.8. The van der Waals surface area contributed by atoms with Crippen LogP contribution in [0.1, 0.15) is 113 Å². The molecule has 2 fully saturated rings. The topological polar surface area (TPSA) is 61.8 Å². The zero-order valence-corrected chi connectivity index (χ0v) is 32.6. The van der Waals surface area contributed by atoms with E-state index >= 15 is 0 Å². The van der Waals surface area contributed by atoms with Gasteiger partial charge in [-0.05, 0) is 67.9 Å². The van der Waals surface area contributed by atoms with Crippen LogP contribution >= 0.6 is 0 Å². The first kappa shape index (κ1) is 39.0. The predicted octanol–water partition coefficient (Wildman–Crippen LogP) is 9.73. The normalized spacial score (nSPS) is 26.5. The molecule has 44 heavy (non-hydrogen) atoms. The van der Waals surface area contributed by atoms with E-state index in [0.717, 1.165) is 25.7 Å². The van der Waals surface area contributed by atoms with Crippen LogP contribution in [0.15, 0.2) is 12.2 Å². The van der Waals surface area contributed by atoms with Crippen LogP contribution < -0.4 is 0 Å². The molecule has 0 radical (unpaired) electrons. The highest BCUT2D eigenvalue weighted by Gasteiger charge is 2.47. The molecule has 0 bridgehead atoms. The Balaban J connectivity index is 2.37. The lowest BCUT2D eigenvalue weighted by Gasteiger charge is -2.40. The van der Waals surface area contributed by atoms with E-state index in [9.17, 15) is 9.59 Å². The molecule has 0 amide bonds. The van der Waals surface area contributed by atoms with Gasteiger partial charge in [-0.2, -0.15) is 0 Å². The van der Waals surface area contributed by atoms with Crippen molar-refractivity contribution >= 4 is 28.4 Å². The Morgan fingerprint density at radius 3 is 2.25 bits per heavy atom. The molecule has 2 saturated carbocycles. The van der Waals surface area contributed by atoms with Gasteiger partial charge in [-0.15, -0.1) is 5.92 Å². The third-order valence-corrected chi connectivity index (χ3v) is 20.1. The molecule has 252 valence electrons. The summed E-state index contributed by atoms with van der Waals surface area (Å²) in [6.45, 7) is 27.5. The van der Waals surface area contributed by atoms with E-state index in [1.54, 1.807) is 0 Å². The molecule has 0 saturated heterocycles. The first-order valence-corrected chi connectivity index (χ1v) is 23.2. The molecular weight excluding hydrogens is 581 g/mol. The van der Waals surface area contributed by atoms with Gasteiger partial charge in [-0.25, -0.2) is 0 Å². The highest BCUT2D eigenvalue weighted by molar-refractivity contribution is 6.74. The van der Waals surface area contributed by atoms with Crippen molar-refractivity contribution in [3.8, 4) is 11.8 Å². The monoisotopic (exact) mass is 646 g/mol. The van der Waals surface area contributed by atoms with E-state index in [-0.39, 0.29) is 57.7 Å². The number of esters is 1. The third kappa shape index (κ3) is 11.0. The summed E-state index contributed by atoms with van der Waals surface area (Å²) < 4.78 is 18.9. The quantitative estimate of drug-likeness (QED) is 0.0863. The summed E-state index contributed by atoms with van der Waals surface area (Å²) in [5, 5.41) is 0.178. The first-order chi connectivity index (χ1) is 20.2. The Hall–Kier alpha value is -1.21. The van der Waals surface area contributed by atoms with Gasteiger partial charge in [-0.3, -0.25) is 9.59 Å². The molecule has 2 aliphatic rings. The van der Waals surface area contributed by atoms with Crippen LogP contribution in [0, 0.1) is 41.4 Å². The molecule has 5 nitrogen and oxygen atoms in total. The summed E-state index contributed by atoms with van der Waals surface area (Å²) in [6, 6.07) is 0. The molecule has 0 aromatic rings. The van der Waals surface area contributed by atoms with E-state index in [1.807, 2.05) is 0 Å². The fourth-order valence-corrected chi connectivity index (χ4v) is 8.63. The van der Waals surface area contributed by atoms with Crippen molar-refractivity contribution in [2.45, 2.75) is 162 Å². The lowest BCUT2D eigenvalue weighted by atomic mass is 9.89. The zero-order valence-electron chi connectivity index (χ0n) is 30.6. The van der Waals surface area contributed by atoms with Crippen molar-refractivity contribution in [1.29, 1.82) is 0 Å².